The predicted octanol–water partition coefficient (Wildman–Crippen LogP) is 3.08. The molecule has 1 aromatic heterocycles. The fraction of sp³-hybridized carbons (Fsp3) is 0.111. The summed E-state index contributed by atoms with van der Waals surface area (Å²) in [5, 5.41) is 3.29. The number of H-pyrrole nitrogens is 1. The first-order chi connectivity index (χ1) is 10.9. The topological polar surface area (TPSA) is 53.1 Å². The van der Waals surface area contributed by atoms with E-state index in [-0.39, 0.29) is 0 Å². The van der Waals surface area contributed by atoms with Crippen LogP contribution in [-0.4, -0.2) is 28.9 Å². The van der Waals surface area contributed by atoms with E-state index < -0.39 is 0 Å². The molecule has 22 heavy (non-hydrogen) atoms. The van der Waals surface area contributed by atoms with Crippen LogP contribution in [-0.2, 0) is 0 Å². The van der Waals surface area contributed by atoms with Crippen molar-refractivity contribution in [3.05, 3.63) is 65.5 Å². The van der Waals surface area contributed by atoms with E-state index in [0.717, 1.165) is 46.9 Å². The summed E-state index contributed by atoms with van der Waals surface area (Å²) in [5.74, 6) is 1.83. The molecule has 0 radical (unpaired) electrons. The van der Waals surface area contributed by atoms with Gasteiger partial charge in [0.25, 0.3) is 0 Å². The van der Waals surface area contributed by atoms with Gasteiger partial charge in [-0.2, -0.15) is 0 Å². The first kappa shape index (κ1) is 12.8. The average Bonchev–Trinajstić information content (AvgIpc) is 3.22. The van der Waals surface area contributed by atoms with Gasteiger partial charge >= 0.3 is 0 Å². The summed E-state index contributed by atoms with van der Waals surface area (Å²) >= 11 is 0. The van der Waals surface area contributed by atoms with Crippen LogP contribution in [0.1, 0.15) is 17.0 Å². The molecule has 4 nitrogen and oxygen atoms in total. The van der Waals surface area contributed by atoms with Gasteiger partial charge in [-0.05, 0) is 29.8 Å². The number of imidazole rings is 1. The molecule has 2 aromatic carbocycles. The van der Waals surface area contributed by atoms with Crippen LogP contribution in [0.15, 0.2) is 53.5 Å². The van der Waals surface area contributed by atoms with Gasteiger partial charge in [-0.15, -0.1) is 0 Å². The molecule has 0 fully saturated rings. The lowest BCUT2D eigenvalue weighted by Crippen LogP contribution is -2.19. The normalized spacial score (nSPS) is 14.5. The minimum absolute atomic E-state index is 0.849. The molecule has 0 saturated carbocycles. The molecule has 3 aromatic rings. The van der Waals surface area contributed by atoms with Crippen molar-refractivity contribution in [1.29, 1.82) is 0 Å². The Morgan fingerprint density at radius 2 is 1.91 bits per heavy atom. The maximum absolute atomic E-state index is 4.59. The number of hydrogen-bond donors (Lipinski definition) is 2. The van der Waals surface area contributed by atoms with Gasteiger partial charge in [0, 0.05) is 12.1 Å². The minimum Gasteiger partial charge on any atom is -0.368 e. The molecule has 4 heteroatoms. The molecule has 0 unspecified atom stereocenters. The van der Waals surface area contributed by atoms with Crippen LogP contribution < -0.4 is 5.32 Å². The summed E-state index contributed by atoms with van der Waals surface area (Å²) in [4.78, 5) is 12.4. The molecular weight excluding hydrogens is 272 g/mol. The highest BCUT2D eigenvalue weighted by atomic mass is 15.1. The molecule has 0 amide bonds. The van der Waals surface area contributed by atoms with E-state index in [1.54, 1.807) is 0 Å². The van der Waals surface area contributed by atoms with Gasteiger partial charge in [0.05, 0.1) is 17.6 Å². The first-order valence-corrected chi connectivity index (χ1v) is 7.40. The van der Waals surface area contributed by atoms with Crippen LogP contribution in [0, 0.1) is 0 Å². The first-order valence-electron chi connectivity index (χ1n) is 7.40. The lowest BCUT2D eigenvalue weighted by Gasteiger charge is -2.01. The van der Waals surface area contributed by atoms with Gasteiger partial charge in [-0.25, -0.2) is 4.98 Å². The molecule has 2 N–H and O–H groups in total. The third kappa shape index (κ3) is 2.51. The third-order valence-electron chi connectivity index (χ3n) is 3.68. The van der Waals surface area contributed by atoms with Crippen LogP contribution in [0.2, 0.25) is 0 Å². The molecule has 0 saturated heterocycles. The van der Waals surface area contributed by atoms with Gasteiger partial charge in [0.2, 0.25) is 0 Å². The second-order valence-corrected chi connectivity index (χ2v) is 5.26. The molecule has 0 bridgehead atoms. The summed E-state index contributed by atoms with van der Waals surface area (Å²) in [6.07, 6.45) is 4.06. The lowest BCUT2D eigenvalue weighted by atomic mass is 10.2. The van der Waals surface area contributed by atoms with Crippen molar-refractivity contribution in [2.45, 2.75) is 0 Å². The standard InChI is InChI=1S/C18H16N4/c1-2-4-13(5-3-1)6-9-17-21-15-8-7-14(12-16(15)22-17)18-19-10-11-20-18/h1-9,12H,10-11H2,(H,19,20)(H,21,22)/b9-6+. The van der Waals surface area contributed by atoms with Crippen molar-refractivity contribution in [2.75, 3.05) is 13.1 Å². The maximum atomic E-state index is 4.59. The van der Waals surface area contributed by atoms with Crippen molar-refractivity contribution in [1.82, 2.24) is 15.3 Å². The third-order valence-corrected chi connectivity index (χ3v) is 3.68. The van der Waals surface area contributed by atoms with Gasteiger partial charge < -0.3 is 10.3 Å². The molecule has 2 heterocycles. The van der Waals surface area contributed by atoms with E-state index >= 15 is 0 Å². The fourth-order valence-electron chi connectivity index (χ4n) is 2.59. The number of aromatic nitrogens is 2. The van der Waals surface area contributed by atoms with Crippen LogP contribution in [0.5, 0.6) is 0 Å². The summed E-state index contributed by atoms with van der Waals surface area (Å²) in [5.41, 5.74) is 4.26. The number of rotatable bonds is 3. The van der Waals surface area contributed by atoms with Crippen molar-refractivity contribution in [3.63, 3.8) is 0 Å². The quantitative estimate of drug-likeness (QED) is 0.778. The summed E-state index contributed by atoms with van der Waals surface area (Å²) < 4.78 is 0. The van der Waals surface area contributed by atoms with E-state index in [1.165, 1.54) is 0 Å². The molecular formula is C18H16N4. The number of hydrogen-bond acceptors (Lipinski definition) is 3. The highest BCUT2D eigenvalue weighted by Gasteiger charge is 2.09. The molecule has 1 aliphatic rings. The van der Waals surface area contributed by atoms with E-state index in [2.05, 4.69) is 50.6 Å². The second kappa shape index (κ2) is 5.48. The number of nitrogens with zero attached hydrogens (tertiary/aromatic N) is 2. The van der Waals surface area contributed by atoms with Crippen molar-refractivity contribution >= 4 is 29.0 Å². The number of fused-ring (bicyclic) bond motifs is 1. The number of benzene rings is 2. The zero-order chi connectivity index (χ0) is 14.8. The maximum Gasteiger partial charge on any atom is 0.131 e. The monoisotopic (exact) mass is 288 g/mol. The predicted molar refractivity (Wildman–Crippen MR) is 90.9 cm³/mol. The van der Waals surface area contributed by atoms with Crippen LogP contribution >= 0.6 is 0 Å². The Bertz CT molecular complexity index is 859. The number of aromatic amines is 1. The zero-order valence-corrected chi connectivity index (χ0v) is 12.1. The van der Waals surface area contributed by atoms with E-state index in [4.69, 9.17) is 0 Å². The Morgan fingerprint density at radius 1 is 1.00 bits per heavy atom. The van der Waals surface area contributed by atoms with Crippen LogP contribution in [0.3, 0.4) is 0 Å². The Labute approximate surface area is 128 Å². The molecule has 108 valence electrons. The van der Waals surface area contributed by atoms with E-state index in [9.17, 15) is 0 Å². The van der Waals surface area contributed by atoms with Crippen LogP contribution in [0.25, 0.3) is 23.2 Å². The van der Waals surface area contributed by atoms with Crippen molar-refractivity contribution in [2.24, 2.45) is 4.99 Å². The number of nitrogens with one attached hydrogen (secondary N) is 2. The Balaban J connectivity index is 1.64. The molecule has 1 aliphatic heterocycles. The fourth-order valence-corrected chi connectivity index (χ4v) is 2.59. The van der Waals surface area contributed by atoms with Crippen molar-refractivity contribution in [3.8, 4) is 0 Å². The molecule has 4 rings (SSSR count). The van der Waals surface area contributed by atoms with Gasteiger partial charge in [-0.1, -0.05) is 36.4 Å². The SMILES string of the molecule is C(=C\c1nc2ccc(C3=NCCN3)cc2[nH]1)/c1ccccc1. The van der Waals surface area contributed by atoms with Crippen LogP contribution in [0.4, 0.5) is 0 Å². The lowest BCUT2D eigenvalue weighted by molar-refractivity contribution is 0.960. The molecule has 0 atom stereocenters. The highest BCUT2D eigenvalue weighted by Crippen LogP contribution is 2.16. The minimum atomic E-state index is 0.849. The number of amidine groups is 1. The summed E-state index contributed by atoms with van der Waals surface area (Å²) in [7, 11) is 0. The highest BCUT2D eigenvalue weighted by molar-refractivity contribution is 6.02. The van der Waals surface area contributed by atoms with Gasteiger partial charge in [-0.3, -0.25) is 4.99 Å². The van der Waals surface area contributed by atoms with Crippen molar-refractivity contribution < 1.29 is 0 Å². The van der Waals surface area contributed by atoms with Gasteiger partial charge in [0.15, 0.2) is 0 Å². The zero-order valence-electron chi connectivity index (χ0n) is 12.1. The molecule has 0 spiro atoms. The Kier molecular flexibility index (Phi) is 3.20. The smallest absolute Gasteiger partial charge is 0.131 e. The largest absolute Gasteiger partial charge is 0.368 e. The number of aliphatic imine (C=N–C) groups is 1. The van der Waals surface area contributed by atoms with Gasteiger partial charge in [0.1, 0.15) is 11.7 Å². The van der Waals surface area contributed by atoms with E-state index in [0.29, 0.717) is 0 Å². The molecule has 0 aliphatic carbocycles. The Hall–Kier alpha value is -2.88. The second-order valence-electron chi connectivity index (χ2n) is 5.26. The Morgan fingerprint density at radius 3 is 2.73 bits per heavy atom. The average molecular weight is 288 g/mol. The summed E-state index contributed by atoms with van der Waals surface area (Å²) in [6.45, 7) is 1.77. The van der Waals surface area contributed by atoms with E-state index in [1.807, 2.05) is 30.3 Å². The summed E-state index contributed by atoms with van der Waals surface area (Å²) in [6, 6.07) is 16.4.